The maximum Gasteiger partial charge on any atom is 0.119 e. The number of benzene rings is 4. The highest BCUT2D eigenvalue weighted by molar-refractivity contribution is 5.85. The van der Waals surface area contributed by atoms with Crippen LogP contribution in [0.3, 0.4) is 0 Å². The van der Waals surface area contributed by atoms with Gasteiger partial charge >= 0.3 is 0 Å². The fourth-order valence-electron chi connectivity index (χ4n) is 4.33. The molecule has 1 heterocycles. The lowest BCUT2D eigenvalue weighted by Crippen LogP contribution is -2.10. The van der Waals surface area contributed by atoms with Gasteiger partial charge in [-0.05, 0) is 52.6 Å². The van der Waals surface area contributed by atoms with Gasteiger partial charge in [0.25, 0.3) is 0 Å². The molecule has 1 atom stereocenters. The summed E-state index contributed by atoms with van der Waals surface area (Å²) in [7, 11) is 1.71. The van der Waals surface area contributed by atoms with Gasteiger partial charge in [-0.1, -0.05) is 73.7 Å². The van der Waals surface area contributed by atoms with Crippen molar-refractivity contribution in [2.45, 2.75) is 25.8 Å². The molecule has 0 amide bonds. The van der Waals surface area contributed by atoms with Gasteiger partial charge in [-0.15, -0.1) is 0 Å². The summed E-state index contributed by atoms with van der Waals surface area (Å²) in [5.41, 5.74) is 4.88. The molecule has 0 radical (unpaired) electrons. The Morgan fingerprint density at radius 2 is 1.58 bits per heavy atom. The number of imidazole rings is 1. The van der Waals surface area contributed by atoms with Crippen LogP contribution in [0.2, 0.25) is 0 Å². The Labute approximate surface area is 182 Å². The van der Waals surface area contributed by atoms with Crippen molar-refractivity contribution in [2.24, 2.45) is 0 Å². The Bertz CT molecular complexity index is 1340. The van der Waals surface area contributed by atoms with Crippen LogP contribution in [0.25, 0.3) is 21.8 Å². The van der Waals surface area contributed by atoms with E-state index in [0.29, 0.717) is 0 Å². The molecular weight excluding hydrogens is 380 g/mol. The van der Waals surface area contributed by atoms with Crippen LogP contribution in [-0.4, -0.2) is 16.7 Å². The van der Waals surface area contributed by atoms with E-state index in [4.69, 9.17) is 9.72 Å². The van der Waals surface area contributed by atoms with Crippen LogP contribution in [0.5, 0.6) is 5.75 Å². The fraction of sp³-hybridized carbons (Fsp3) is 0.179. The molecule has 5 aromatic rings. The quantitative estimate of drug-likeness (QED) is 0.318. The smallest absolute Gasteiger partial charge is 0.119 e. The molecule has 3 nitrogen and oxygen atoms in total. The Morgan fingerprint density at radius 1 is 0.839 bits per heavy atom. The predicted octanol–water partition coefficient (Wildman–Crippen LogP) is 6.59. The number of para-hydroxylation sites is 2. The molecule has 0 N–H and O–H groups in total. The van der Waals surface area contributed by atoms with Crippen LogP contribution in [-0.2, 0) is 13.0 Å². The molecule has 0 saturated heterocycles. The molecule has 0 spiro atoms. The fourth-order valence-corrected chi connectivity index (χ4v) is 4.33. The van der Waals surface area contributed by atoms with Crippen molar-refractivity contribution >= 4 is 21.8 Å². The number of hydrogen-bond donors (Lipinski definition) is 0. The predicted molar refractivity (Wildman–Crippen MR) is 128 cm³/mol. The van der Waals surface area contributed by atoms with Gasteiger partial charge in [0.2, 0.25) is 0 Å². The molecule has 3 heteroatoms. The molecular formula is C28H26N2O. The topological polar surface area (TPSA) is 27.1 Å². The standard InChI is InChI=1S/C28H26N2O/c1-20(22-12-13-24-19-25(31-2)15-14-23(24)18-22)28-29-26-10-6-7-11-27(26)30(28)17-16-21-8-4-3-5-9-21/h3-15,18-20H,16-17H2,1-2H3. The maximum atomic E-state index is 5.37. The van der Waals surface area contributed by atoms with Crippen molar-refractivity contribution in [1.29, 1.82) is 0 Å². The Hall–Kier alpha value is -3.59. The Kier molecular flexibility index (Phi) is 5.17. The van der Waals surface area contributed by atoms with E-state index in [9.17, 15) is 0 Å². The molecule has 31 heavy (non-hydrogen) atoms. The molecule has 0 saturated carbocycles. The SMILES string of the molecule is COc1ccc2cc(C(C)c3nc4ccccc4n3CCc3ccccc3)ccc2c1. The summed E-state index contributed by atoms with van der Waals surface area (Å²) >= 11 is 0. The first kappa shape index (κ1) is 19.4. The highest BCUT2D eigenvalue weighted by Crippen LogP contribution is 2.30. The van der Waals surface area contributed by atoms with E-state index < -0.39 is 0 Å². The lowest BCUT2D eigenvalue weighted by molar-refractivity contribution is 0.415. The highest BCUT2D eigenvalue weighted by atomic mass is 16.5. The lowest BCUT2D eigenvalue weighted by Gasteiger charge is -2.16. The minimum atomic E-state index is 0.190. The lowest BCUT2D eigenvalue weighted by atomic mass is 9.97. The van der Waals surface area contributed by atoms with Gasteiger partial charge in [-0.2, -0.15) is 0 Å². The summed E-state index contributed by atoms with van der Waals surface area (Å²) in [6.07, 6.45) is 0.985. The first-order valence-electron chi connectivity index (χ1n) is 10.8. The molecule has 5 rings (SSSR count). The largest absolute Gasteiger partial charge is 0.497 e. The third-order valence-corrected chi connectivity index (χ3v) is 6.11. The van der Waals surface area contributed by atoms with Crippen LogP contribution in [0, 0.1) is 0 Å². The molecule has 0 aliphatic carbocycles. The van der Waals surface area contributed by atoms with Crippen molar-refractivity contribution in [3.63, 3.8) is 0 Å². The molecule has 0 aliphatic heterocycles. The minimum Gasteiger partial charge on any atom is -0.497 e. The summed E-state index contributed by atoms with van der Waals surface area (Å²) in [5, 5.41) is 2.41. The summed E-state index contributed by atoms with van der Waals surface area (Å²) in [6.45, 7) is 3.17. The third-order valence-electron chi connectivity index (χ3n) is 6.11. The van der Waals surface area contributed by atoms with E-state index in [1.807, 2.05) is 6.07 Å². The van der Waals surface area contributed by atoms with Gasteiger partial charge in [-0.3, -0.25) is 0 Å². The Balaban J connectivity index is 1.53. The minimum absolute atomic E-state index is 0.190. The van der Waals surface area contributed by atoms with E-state index in [1.165, 1.54) is 27.4 Å². The van der Waals surface area contributed by atoms with E-state index in [1.54, 1.807) is 7.11 Å². The summed E-state index contributed by atoms with van der Waals surface area (Å²) in [5.74, 6) is 2.19. The van der Waals surface area contributed by atoms with Crippen molar-refractivity contribution in [3.05, 3.63) is 108 Å². The van der Waals surface area contributed by atoms with E-state index in [0.717, 1.165) is 30.1 Å². The summed E-state index contributed by atoms with van der Waals surface area (Å²) in [4.78, 5) is 5.05. The normalized spacial score (nSPS) is 12.3. The van der Waals surface area contributed by atoms with Crippen LogP contribution in [0.1, 0.15) is 29.8 Å². The number of fused-ring (bicyclic) bond motifs is 2. The van der Waals surface area contributed by atoms with Crippen LogP contribution >= 0.6 is 0 Å². The first-order chi connectivity index (χ1) is 15.2. The van der Waals surface area contributed by atoms with Gasteiger partial charge < -0.3 is 9.30 Å². The second-order valence-electron chi connectivity index (χ2n) is 8.04. The second-order valence-corrected chi connectivity index (χ2v) is 8.04. The molecule has 0 bridgehead atoms. The van der Waals surface area contributed by atoms with Crippen LogP contribution in [0.4, 0.5) is 0 Å². The average molecular weight is 407 g/mol. The molecule has 4 aromatic carbocycles. The van der Waals surface area contributed by atoms with E-state index >= 15 is 0 Å². The van der Waals surface area contributed by atoms with Gasteiger partial charge in [0.15, 0.2) is 0 Å². The number of aromatic nitrogens is 2. The van der Waals surface area contributed by atoms with Crippen molar-refractivity contribution in [1.82, 2.24) is 9.55 Å². The van der Waals surface area contributed by atoms with Crippen LogP contribution in [0.15, 0.2) is 91.0 Å². The zero-order chi connectivity index (χ0) is 21.2. The van der Waals surface area contributed by atoms with E-state index in [2.05, 4.69) is 96.4 Å². The van der Waals surface area contributed by atoms with E-state index in [-0.39, 0.29) is 5.92 Å². The Morgan fingerprint density at radius 3 is 2.42 bits per heavy atom. The number of hydrogen-bond acceptors (Lipinski definition) is 2. The van der Waals surface area contributed by atoms with Gasteiger partial charge in [-0.25, -0.2) is 4.98 Å². The van der Waals surface area contributed by atoms with Crippen LogP contribution < -0.4 is 4.74 Å². The number of nitrogens with zero attached hydrogens (tertiary/aromatic N) is 2. The summed E-state index contributed by atoms with van der Waals surface area (Å²) < 4.78 is 7.76. The van der Waals surface area contributed by atoms with Crippen molar-refractivity contribution in [2.75, 3.05) is 7.11 Å². The molecule has 0 fully saturated rings. The van der Waals surface area contributed by atoms with Gasteiger partial charge in [0, 0.05) is 12.5 Å². The monoisotopic (exact) mass is 406 g/mol. The summed E-state index contributed by atoms with van der Waals surface area (Å²) in [6, 6.07) is 32.0. The maximum absolute atomic E-state index is 5.37. The molecule has 1 aromatic heterocycles. The number of methoxy groups -OCH3 is 1. The zero-order valence-corrected chi connectivity index (χ0v) is 18.0. The molecule has 1 unspecified atom stereocenters. The second kappa shape index (κ2) is 8.27. The average Bonchev–Trinajstić information content (AvgIpc) is 3.20. The van der Waals surface area contributed by atoms with Gasteiger partial charge in [0.1, 0.15) is 11.6 Å². The first-order valence-corrected chi connectivity index (χ1v) is 10.8. The number of aryl methyl sites for hydroxylation is 2. The zero-order valence-electron chi connectivity index (χ0n) is 18.0. The highest BCUT2D eigenvalue weighted by Gasteiger charge is 2.18. The van der Waals surface area contributed by atoms with Crippen molar-refractivity contribution < 1.29 is 4.74 Å². The van der Waals surface area contributed by atoms with Crippen molar-refractivity contribution in [3.8, 4) is 5.75 Å². The third kappa shape index (κ3) is 3.79. The number of rotatable bonds is 6. The molecule has 154 valence electrons. The molecule has 0 aliphatic rings. The van der Waals surface area contributed by atoms with Gasteiger partial charge in [0.05, 0.1) is 18.1 Å². The number of ether oxygens (including phenoxy) is 1.